The first-order valence-electron chi connectivity index (χ1n) is 6.37. The topological polar surface area (TPSA) is 29.1 Å². The summed E-state index contributed by atoms with van der Waals surface area (Å²) in [5.41, 5.74) is 1.77. The average molecular weight is 289 g/mol. The molecule has 0 saturated carbocycles. The number of halogens is 1. The number of carbonyl (C=O) groups is 1. The van der Waals surface area contributed by atoms with Crippen molar-refractivity contribution in [2.75, 3.05) is 5.32 Å². The van der Waals surface area contributed by atoms with Gasteiger partial charge in [-0.3, -0.25) is 4.79 Å². The molecule has 0 aliphatic carbocycles. The Hall–Kier alpha value is -1.81. The molecule has 4 heteroatoms. The predicted molar refractivity (Wildman–Crippen MR) is 82.1 cm³/mol. The molecule has 2 aromatic carbocycles. The Bertz CT molecular complexity index is 640. The van der Waals surface area contributed by atoms with E-state index in [-0.39, 0.29) is 5.56 Å². The summed E-state index contributed by atoms with van der Waals surface area (Å²) in [6.07, 6.45) is 0. The molecule has 0 aromatic heterocycles. The van der Waals surface area contributed by atoms with Crippen molar-refractivity contribution in [1.29, 1.82) is 0 Å². The lowest BCUT2D eigenvalue weighted by Crippen LogP contribution is -2.14. The highest BCUT2D eigenvalue weighted by Crippen LogP contribution is 2.20. The molecule has 0 atom stereocenters. The van der Waals surface area contributed by atoms with Crippen LogP contribution >= 0.6 is 12.6 Å². The standard InChI is InChI=1S/C16H16FNOS/c1-10(2)11-4-3-5-12(8-11)18-16(19)14-9-13(20)6-7-15(14)17/h3-10,20H,1-2H3,(H,18,19). The summed E-state index contributed by atoms with van der Waals surface area (Å²) in [5.74, 6) is -0.663. The second-order valence-electron chi connectivity index (χ2n) is 4.90. The van der Waals surface area contributed by atoms with Crippen molar-refractivity contribution in [1.82, 2.24) is 0 Å². The van der Waals surface area contributed by atoms with E-state index in [0.29, 0.717) is 16.5 Å². The van der Waals surface area contributed by atoms with Crippen molar-refractivity contribution < 1.29 is 9.18 Å². The monoisotopic (exact) mass is 289 g/mol. The van der Waals surface area contributed by atoms with Crippen molar-refractivity contribution in [3.8, 4) is 0 Å². The number of nitrogens with one attached hydrogen (secondary N) is 1. The second-order valence-corrected chi connectivity index (χ2v) is 5.41. The van der Waals surface area contributed by atoms with E-state index in [0.717, 1.165) is 5.56 Å². The lowest BCUT2D eigenvalue weighted by atomic mass is 10.0. The predicted octanol–water partition coefficient (Wildman–Crippen LogP) is 4.49. The molecule has 0 fully saturated rings. The van der Waals surface area contributed by atoms with Gasteiger partial charge in [0.2, 0.25) is 0 Å². The molecule has 0 aliphatic rings. The SMILES string of the molecule is CC(C)c1cccc(NC(=O)c2cc(S)ccc2F)c1. The highest BCUT2D eigenvalue weighted by molar-refractivity contribution is 7.80. The molecular weight excluding hydrogens is 273 g/mol. The van der Waals surface area contributed by atoms with Gasteiger partial charge in [-0.25, -0.2) is 4.39 Å². The summed E-state index contributed by atoms with van der Waals surface area (Å²) >= 11 is 4.12. The molecule has 1 amide bonds. The van der Waals surface area contributed by atoms with Gasteiger partial charge < -0.3 is 5.32 Å². The van der Waals surface area contributed by atoms with E-state index in [1.165, 1.54) is 18.2 Å². The van der Waals surface area contributed by atoms with Crippen LogP contribution in [0.4, 0.5) is 10.1 Å². The lowest BCUT2D eigenvalue weighted by molar-refractivity contribution is 0.102. The first-order valence-corrected chi connectivity index (χ1v) is 6.82. The first kappa shape index (κ1) is 14.6. The Balaban J connectivity index is 2.23. The quantitative estimate of drug-likeness (QED) is 0.801. The van der Waals surface area contributed by atoms with Crippen molar-refractivity contribution in [2.45, 2.75) is 24.7 Å². The van der Waals surface area contributed by atoms with E-state index in [1.807, 2.05) is 18.2 Å². The zero-order valence-electron chi connectivity index (χ0n) is 11.4. The van der Waals surface area contributed by atoms with Crippen molar-refractivity contribution >= 4 is 24.2 Å². The fraction of sp³-hybridized carbons (Fsp3) is 0.188. The van der Waals surface area contributed by atoms with E-state index in [4.69, 9.17) is 0 Å². The van der Waals surface area contributed by atoms with Crippen molar-refractivity contribution in [3.63, 3.8) is 0 Å². The normalized spacial score (nSPS) is 10.7. The number of hydrogen-bond acceptors (Lipinski definition) is 2. The van der Waals surface area contributed by atoms with E-state index in [1.54, 1.807) is 6.07 Å². The Labute approximate surface area is 123 Å². The van der Waals surface area contributed by atoms with Crippen molar-refractivity contribution in [3.05, 3.63) is 59.4 Å². The molecule has 0 heterocycles. The maximum absolute atomic E-state index is 13.6. The molecule has 1 N–H and O–H groups in total. The zero-order chi connectivity index (χ0) is 14.7. The molecule has 2 nitrogen and oxygen atoms in total. The molecule has 104 valence electrons. The van der Waals surface area contributed by atoms with Crippen LogP contribution in [-0.4, -0.2) is 5.91 Å². The second kappa shape index (κ2) is 6.09. The van der Waals surface area contributed by atoms with Gasteiger partial charge in [0.1, 0.15) is 5.82 Å². The fourth-order valence-electron chi connectivity index (χ4n) is 1.86. The van der Waals surface area contributed by atoms with Gasteiger partial charge in [0, 0.05) is 10.6 Å². The van der Waals surface area contributed by atoms with Gasteiger partial charge in [-0.05, 0) is 41.8 Å². The minimum atomic E-state index is -0.555. The van der Waals surface area contributed by atoms with Crippen LogP contribution in [0.15, 0.2) is 47.4 Å². The zero-order valence-corrected chi connectivity index (χ0v) is 12.2. The maximum Gasteiger partial charge on any atom is 0.258 e. The highest BCUT2D eigenvalue weighted by Gasteiger charge is 2.12. The molecule has 0 aliphatic heterocycles. The van der Waals surface area contributed by atoms with Gasteiger partial charge in [0.25, 0.3) is 5.91 Å². The van der Waals surface area contributed by atoms with Crippen LogP contribution in [0, 0.1) is 5.82 Å². The first-order chi connectivity index (χ1) is 9.47. The number of benzene rings is 2. The molecule has 0 bridgehead atoms. The number of carbonyl (C=O) groups excluding carboxylic acids is 1. The molecule has 0 radical (unpaired) electrons. The van der Waals surface area contributed by atoms with Crippen LogP contribution in [0.3, 0.4) is 0 Å². The summed E-state index contributed by atoms with van der Waals surface area (Å²) in [6, 6.07) is 11.7. The Kier molecular flexibility index (Phi) is 4.45. The van der Waals surface area contributed by atoms with Crippen LogP contribution in [0.5, 0.6) is 0 Å². The van der Waals surface area contributed by atoms with Crippen LogP contribution in [0.1, 0.15) is 35.7 Å². The third-order valence-electron chi connectivity index (χ3n) is 3.01. The minimum absolute atomic E-state index is 0.00699. The number of rotatable bonds is 3. The number of anilines is 1. The van der Waals surface area contributed by atoms with Crippen LogP contribution < -0.4 is 5.32 Å². The molecule has 2 aromatic rings. The molecule has 20 heavy (non-hydrogen) atoms. The Morgan fingerprint density at radius 2 is 1.95 bits per heavy atom. The molecule has 0 spiro atoms. The van der Waals surface area contributed by atoms with E-state index in [9.17, 15) is 9.18 Å². The third-order valence-corrected chi connectivity index (χ3v) is 3.28. The van der Waals surface area contributed by atoms with Gasteiger partial charge in [0.05, 0.1) is 5.56 Å². The van der Waals surface area contributed by atoms with Gasteiger partial charge in [-0.2, -0.15) is 0 Å². The Morgan fingerprint density at radius 1 is 1.20 bits per heavy atom. The molecular formula is C16H16FNOS. The smallest absolute Gasteiger partial charge is 0.258 e. The average Bonchev–Trinajstić information content (AvgIpc) is 2.41. The molecule has 0 unspecified atom stereocenters. The van der Waals surface area contributed by atoms with Crippen LogP contribution in [0.2, 0.25) is 0 Å². The summed E-state index contributed by atoms with van der Waals surface area (Å²) in [7, 11) is 0. The third kappa shape index (κ3) is 3.39. The molecule has 2 rings (SSSR count). The van der Waals surface area contributed by atoms with Crippen LogP contribution in [0.25, 0.3) is 0 Å². The highest BCUT2D eigenvalue weighted by atomic mass is 32.1. The van der Waals surface area contributed by atoms with Crippen molar-refractivity contribution in [2.24, 2.45) is 0 Å². The van der Waals surface area contributed by atoms with E-state index in [2.05, 4.69) is 31.8 Å². The summed E-state index contributed by atoms with van der Waals surface area (Å²) < 4.78 is 13.6. The lowest BCUT2D eigenvalue weighted by Gasteiger charge is -2.10. The molecule has 0 saturated heterocycles. The van der Waals surface area contributed by atoms with Gasteiger partial charge in [-0.15, -0.1) is 12.6 Å². The minimum Gasteiger partial charge on any atom is -0.322 e. The number of amides is 1. The largest absolute Gasteiger partial charge is 0.322 e. The fourth-order valence-corrected chi connectivity index (χ4v) is 2.06. The summed E-state index contributed by atoms with van der Waals surface area (Å²) in [5, 5.41) is 2.71. The van der Waals surface area contributed by atoms with Crippen LogP contribution in [-0.2, 0) is 0 Å². The van der Waals surface area contributed by atoms with Gasteiger partial charge >= 0.3 is 0 Å². The maximum atomic E-state index is 13.6. The number of hydrogen-bond donors (Lipinski definition) is 2. The van der Waals surface area contributed by atoms with E-state index >= 15 is 0 Å². The van der Waals surface area contributed by atoms with E-state index < -0.39 is 11.7 Å². The summed E-state index contributed by atoms with van der Waals surface area (Å²) in [6.45, 7) is 4.15. The summed E-state index contributed by atoms with van der Waals surface area (Å²) in [4.78, 5) is 12.6. The Morgan fingerprint density at radius 3 is 2.65 bits per heavy atom. The number of thiol groups is 1. The van der Waals surface area contributed by atoms with Gasteiger partial charge in [0.15, 0.2) is 0 Å². The van der Waals surface area contributed by atoms with Gasteiger partial charge in [-0.1, -0.05) is 26.0 Å².